The van der Waals surface area contributed by atoms with Gasteiger partial charge in [-0.3, -0.25) is 14.9 Å². The van der Waals surface area contributed by atoms with Crippen LogP contribution in [0.5, 0.6) is 5.75 Å². The van der Waals surface area contributed by atoms with Gasteiger partial charge in [0.05, 0.1) is 11.3 Å². The molecule has 3 rings (SSSR count). The summed E-state index contributed by atoms with van der Waals surface area (Å²) in [5.74, 6) is -0.328. The number of ether oxygens (including phenoxy) is 1. The molecule has 0 saturated carbocycles. The Kier molecular flexibility index (Phi) is 6.20. The zero-order valence-corrected chi connectivity index (χ0v) is 16.8. The molecule has 8 heteroatoms. The zero-order valence-electron chi connectivity index (χ0n) is 14.4. The monoisotopic (exact) mass is 445 g/mol. The number of rotatable bonds is 6. The van der Waals surface area contributed by atoms with E-state index in [0.29, 0.717) is 22.1 Å². The quantitative estimate of drug-likeness (QED) is 0.585. The van der Waals surface area contributed by atoms with E-state index in [2.05, 4.69) is 31.5 Å². The number of thiazole rings is 1. The standard InChI is InChI=1S/C19H16BrN3O3S/c1-12-11-27-19(21-12)23-18(25)15-4-2-3-5-16(15)26-10-17(24)22-14-8-6-13(20)7-9-14/h2-9,11H,10H2,1H3,(H,22,24)(H,21,23,25). The van der Waals surface area contributed by atoms with Crippen molar-refractivity contribution in [1.82, 2.24) is 4.98 Å². The number of nitrogens with zero attached hydrogens (tertiary/aromatic N) is 1. The van der Waals surface area contributed by atoms with E-state index in [1.165, 1.54) is 11.3 Å². The number of anilines is 2. The van der Waals surface area contributed by atoms with E-state index < -0.39 is 0 Å². The summed E-state index contributed by atoms with van der Waals surface area (Å²) in [4.78, 5) is 28.8. The van der Waals surface area contributed by atoms with Gasteiger partial charge in [0.15, 0.2) is 11.7 Å². The predicted molar refractivity (Wildman–Crippen MR) is 110 cm³/mol. The van der Waals surface area contributed by atoms with E-state index in [4.69, 9.17) is 4.74 Å². The number of nitrogens with one attached hydrogen (secondary N) is 2. The van der Waals surface area contributed by atoms with Crippen LogP contribution in [0, 0.1) is 6.92 Å². The largest absolute Gasteiger partial charge is 0.483 e. The molecular weight excluding hydrogens is 430 g/mol. The highest BCUT2D eigenvalue weighted by molar-refractivity contribution is 9.10. The molecule has 3 aromatic rings. The summed E-state index contributed by atoms with van der Waals surface area (Å²) < 4.78 is 6.48. The molecule has 1 heterocycles. The highest BCUT2D eigenvalue weighted by atomic mass is 79.9. The Balaban J connectivity index is 1.62. The van der Waals surface area contributed by atoms with Crippen molar-refractivity contribution in [3.05, 3.63) is 69.6 Å². The lowest BCUT2D eigenvalue weighted by molar-refractivity contribution is -0.118. The summed E-state index contributed by atoms with van der Waals surface area (Å²) in [6.07, 6.45) is 0. The first-order valence-electron chi connectivity index (χ1n) is 8.02. The Morgan fingerprint density at radius 2 is 1.85 bits per heavy atom. The van der Waals surface area contributed by atoms with Crippen molar-refractivity contribution in [2.45, 2.75) is 6.92 Å². The van der Waals surface area contributed by atoms with Crippen molar-refractivity contribution in [3.63, 3.8) is 0 Å². The first-order chi connectivity index (χ1) is 13.0. The minimum Gasteiger partial charge on any atom is -0.483 e. The number of hydrogen-bond acceptors (Lipinski definition) is 5. The third-order valence-corrected chi connectivity index (χ3v) is 4.86. The van der Waals surface area contributed by atoms with Gasteiger partial charge in [-0.15, -0.1) is 11.3 Å². The van der Waals surface area contributed by atoms with E-state index >= 15 is 0 Å². The molecule has 2 N–H and O–H groups in total. The number of carbonyl (C=O) groups is 2. The summed E-state index contributed by atoms with van der Waals surface area (Å²) in [5.41, 5.74) is 1.84. The van der Waals surface area contributed by atoms with Crippen LogP contribution < -0.4 is 15.4 Å². The molecule has 0 radical (unpaired) electrons. The Bertz CT molecular complexity index is 957. The minimum absolute atomic E-state index is 0.212. The zero-order chi connectivity index (χ0) is 19.2. The summed E-state index contributed by atoms with van der Waals surface area (Å²) in [6, 6.07) is 14.0. The molecule has 0 fully saturated rings. The maximum atomic E-state index is 12.5. The number of aromatic nitrogens is 1. The molecule has 0 aliphatic heterocycles. The Labute approximate surface area is 168 Å². The lowest BCUT2D eigenvalue weighted by Crippen LogP contribution is -2.21. The van der Waals surface area contributed by atoms with Crippen molar-refractivity contribution in [2.24, 2.45) is 0 Å². The van der Waals surface area contributed by atoms with Crippen LogP contribution in [0.2, 0.25) is 0 Å². The van der Waals surface area contributed by atoms with Crippen LogP contribution in [0.25, 0.3) is 0 Å². The molecule has 138 valence electrons. The smallest absolute Gasteiger partial charge is 0.262 e. The van der Waals surface area contributed by atoms with E-state index in [1.807, 2.05) is 24.4 Å². The van der Waals surface area contributed by atoms with Gasteiger partial charge in [-0.05, 0) is 43.3 Å². The predicted octanol–water partition coefficient (Wildman–Crippen LogP) is 4.48. The average molecular weight is 446 g/mol. The third-order valence-electron chi connectivity index (χ3n) is 3.46. The number of carbonyl (C=O) groups excluding carboxylic acids is 2. The number of benzene rings is 2. The van der Waals surface area contributed by atoms with Gasteiger partial charge in [0.2, 0.25) is 0 Å². The molecule has 6 nitrogen and oxygen atoms in total. The normalized spacial score (nSPS) is 10.3. The second-order valence-electron chi connectivity index (χ2n) is 5.59. The first-order valence-corrected chi connectivity index (χ1v) is 9.69. The van der Waals surface area contributed by atoms with Gasteiger partial charge in [-0.25, -0.2) is 4.98 Å². The summed E-state index contributed by atoms with van der Waals surface area (Å²) >= 11 is 4.69. The highest BCUT2D eigenvalue weighted by Crippen LogP contribution is 2.21. The van der Waals surface area contributed by atoms with Gasteiger partial charge < -0.3 is 10.1 Å². The molecule has 1 aromatic heterocycles. The molecule has 0 aliphatic rings. The number of para-hydroxylation sites is 1. The Hall–Kier alpha value is -2.71. The van der Waals surface area contributed by atoms with Crippen LogP contribution >= 0.6 is 27.3 Å². The molecule has 27 heavy (non-hydrogen) atoms. The van der Waals surface area contributed by atoms with Crippen LogP contribution in [0.1, 0.15) is 16.1 Å². The van der Waals surface area contributed by atoms with Gasteiger partial charge in [0, 0.05) is 15.5 Å². The SMILES string of the molecule is Cc1csc(NC(=O)c2ccccc2OCC(=O)Nc2ccc(Br)cc2)n1. The van der Waals surface area contributed by atoms with Gasteiger partial charge in [-0.1, -0.05) is 28.1 Å². The van der Waals surface area contributed by atoms with E-state index in [1.54, 1.807) is 36.4 Å². The van der Waals surface area contributed by atoms with Gasteiger partial charge >= 0.3 is 0 Å². The van der Waals surface area contributed by atoms with E-state index in [9.17, 15) is 9.59 Å². The summed E-state index contributed by atoms with van der Waals surface area (Å²) in [6.45, 7) is 1.64. The molecule has 0 atom stereocenters. The molecule has 2 aromatic carbocycles. The molecule has 0 aliphatic carbocycles. The fourth-order valence-electron chi connectivity index (χ4n) is 2.23. The van der Waals surface area contributed by atoms with Crippen LogP contribution in [-0.2, 0) is 4.79 Å². The Morgan fingerprint density at radius 3 is 2.56 bits per heavy atom. The molecular formula is C19H16BrN3O3S. The van der Waals surface area contributed by atoms with Crippen LogP contribution in [0.15, 0.2) is 58.4 Å². The lowest BCUT2D eigenvalue weighted by Gasteiger charge is -2.11. The molecule has 0 spiro atoms. The van der Waals surface area contributed by atoms with Crippen molar-refractivity contribution >= 4 is 49.9 Å². The van der Waals surface area contributed by atoms with E-state index in [0.717, 1.165) is 10.2 Å². The fraction of sp³-hybridized carbons (Fsp3) is 0.105. The Morgan fingerprint density at radius 1 is 1.11 bits per heavy atom. The molecule has 0 saturated heterocycles. The third kappa shape index (κ3) is 5.38. The topological polar surface area (TPSA) is 80.3 Å². The van der Waals surface area contributed by atoms with Crippen molar-refractivity contribution in [1.29, 1.82) is 0 Å². The lowest BCUT2D eigenvalue weighted by atomic mass is 10.2. The number of halogens is 1. The van der Waals surface area contributed by atoms with Gasteiger partial charge in [0.25, 0.3) is 11.8 Å². The number of amides is 2. The second-order valence-corrected chi connectivity index (χ2v) is 7.36. The first kappa shape index (κ1) is 19.1. The highest BCUT2D eigenvalue weighted by Gasteiger charge is 2.15. The van der Waals surface area contributed by atoms with Crippen LogP contribution in [0.3, 0.4) is 0 Å². The maximum absolute atomic E-state index is 12.5. The molecule has 2 amide bonds. The van der Waals surface area contributed by atoms with Gasteiger partial charge in [0.1, 0.15) is 5.75 Å². The van der Waals surface area contributed by atoms with Crippen molar-refractivity contribution in [2.75, 3.05) is 17.2 Å². The molecule has 0 bridgehead atoms. The summed E-state index contributed by atoms with van der Waals surface area (Å²) in [5, 5.41) is 7.84. The van der Waals surface area contributed by atoms with Gasteiger partial charge in [-0.2, -0.15) is 0 Å². The van der Waals surface area contributed by atoms with Crippen molar-refractivity contribution < 1.29 is 14.3 Å². The minimum atomic E-state index is -0.340. The molecule has 0 unspecified atom stereocenters. The number of aryl methyl sites for hydroxylation is 1. The fourth-order valence-corrected chi connectivity index (χ4v) is 3.18. The number of hydrogen-bond donors (Lipinski definition) is 2. The average Bonchev–Trinajstić information content (AvgIpc) is 3.07. The van der Waals surface area contributed by atoms with Crippen LogP contribution in [0.4, 0.5) is 10.8 Å². The second kappa shape index (κ2) is 8.79. The van der Waals surface area contributed by atoms with Crippen molar-refractivity contribution in [3.8, 4) is 5.75 Å². The summed E-state index contributed by atoms with van der Waals surface area (Å²) in [7, 11) is 0. The van der Waals surface area contributed by atoms with E-state index in [-0.39, 0.29) is 18.4 Å². The maximum Gasteiger partial charge on any atom is 0.262 e. The van der Waals surface area contributed by atoms with Crippen LogP contribution in [-0.4, -0.2) is 23.4 Å².